The number of nitrogens with one attached hydrogen (secondary N) is 2. The molecule has 0 fully saturated rings. The van der Waals surface area contributed by atoms with Crippen molar-refractivity contribution in [1.82, 2.24) is 4.72 Å². The van der Waals surface area contributed by atoms with E-state index in [4.69, 9.17) is 0 Å². The Balaban J connectivity index is 1.73. The van der Waals surface area contributed by atoms with Crippen LogP contribution in [0.5, 0.6) is 5.75 Å². The molecule has 0 bridgehead atoms. The maximum absolute atomic E-state index is 15.0. The first kappa shape index (κ1) is 24.5. The van der Waals surface area contributed by atoms with Crippen LogP contribution < -0.4 is 14.8 Å². The van der Waals surface area contributed by atoms with Gasteiger partial charge in [-0.3, -0.25) is 0 Å². The predicted molar refractivity (Wildman–Crippen MR) is 119 cm³/mol. The van der Waals surface area contributed by atoms with Crippen molar-refractivity contribution in [2.45, 2.75) is 30.6 Å². The highest BCUT2D eigenvalue weighted by Crippen LogP contribution is 2.39. The summed E-state index contributed by atoms with van der Waals surface area (Å²) in [5, 5.41) is 2.77. The van der Waals surface area contributed by atoms with Crippen LogP contribution in [0.25, 0.3) is 0 Å². The average Bonchev–Trinajstić information content (AvgIpc) is 2.76. The van der Waals surface area contributed by atoms with Gasteiger partial charge in [0.1, 0.15) is 22.3 Å². The number of aliphatic imine (C=N–C) groups is 1. The molecule has 12 heteroatoms. The second-order valence-electron chi connectivity index (χ2n) is 7.70. The van der Waals surface area contributed by atoms with E-state index < -0.39 is 39.7 Å². The van der Waals surface area contributed by atoms with E-state index in [2.05, 4.69) is 19.8 Å². The van der Waals surface area contributed by atoms with Crippen molar-refractivity contribution in [3.63, 3.8) is 0 Å². The summed E-state index contributed by atoms with van der Waals surface area (Å²) in [5.74, 6) is -2.83. The molecule has 4 rings (SSSR count). The molecule has 0 aliphatic carbocycles. The number of alkyl halides is 3. The Morgan fingerprint density at radius 1 is 1.03 bits per heavy atom. The van der Waals surface area contributed by atoms with Gasteiger partial charge in [0.15, 0.2) is 0 Å². The quantitative estimate of drug-likeness (QED) is 0.457. The third kappa shape index (κ3) is 5.53. The molecule has 1 aliphatic rings. The fourth-order valence-electron chi connectivity index (χ4n) is 3.70. The number of guanidine groups is 1. The maximum Gasteiger partial charge on any atom is 0.573 e. The first-order valence-corrected chi connectivity index (χ1v) is 11.7. The molecule has 0 radical (unpaired) electrons. The topological polar surface area (TPSA) is 79.8 Å². The Morgan fingerprint density at radius 3 is 2.49 bits per heavy atom. The van der Waals surface area contributed by atoms with Crippen LogP contribution in [0.3, 0.4) is 0 Å². The standard InChI is InChI=1S/C23H18F5N3O3S/c1-13(15-5-3-7-17(11-15)34-23(26,27)28)20-18(25)8-9-19-21(20)30-22(31-35(19,32)33)29-12-14-4-2-6-16(24)10-14/h2-11,13H,12H2,1H3,(H2,29,30,31)/t13-/m0/s1. The third-order valence-corrected chi connectivity index (χ3v) is 6.63. The first-order chi connectivity index (χ1) is 16.4. The Bertz CT molecular complexity index is 1410. The summed E-state index contributed by atoms with van der Waals surface area (Å²) in [6, 6.07) is 12.6. The lowest BCUT2D eigenvalue weighted by molar-refractivity contribution is -0.274. The number of sulfonamides is 1. The van der Waals surface area contributed by atoms with E-state index in [9.17, 15) is 26.0 Å². The zero-order valence-corrected chi connectivity index (χ0v) is 18.8. The van der Waals surface area contributed by atoms with E-state index in [1.54, 1.807) is 6.07 Å². The Morgan fingerprint density at radius 2 is 1.77 bits per heavy atom. The van der Waals surface area contributed by atoms with Crippen LogP contribution in [0.1, 0.15) is 29.5 Å². The maximum atomic E-state index is 15.0. The Kier molecular flexibility index (Phi) is 6.41. The number of nitrogens with zero attached hydrogens (tertiary/aromatic N) is 1. The van der Waals surface area contributed by atoms with Crippen LogP contribution in [0.2, 0.25) is 0 Å². The molecule has 0 spiro atoms. The molecule has 35 heavy (non-hydrogen) atoms. The van der Waals surface area contributed by atoms with E-state index in [0.29, 0.717) is 5.56 Å². The summed E-state index contributed by atoms with van der Waals surface area (Å²) >= 11 is 0. The molecule has 0 saturated heterocycles. The normalized spacial score (nSPS) is 16.7. The zero-order valence-electron chi connectivity index (χ0n) is 18.0. The number of halogens is 5. The van der Waals surface area contributed by atoms with Gasteiger partial charge in [0.25, 0.3) is 10.0 Å². The fraction of sp³-hybridized carbons (Fsp3) is 0.174. The molecule has 2 N–H and O–H groups in total. The van der Waals surface area contributed by atoms with Crippen molar-refractivity contribution in [3.8, 4) is 5.75 Å². The summed E-state index contributed by atoms with van der Waals surface area (Å²) < 4.78 is 98.2. The number of hydrogen-bond donors (Lipinski definition) is 2. The van der Waals surface area contributed by atoms with E-state index in [1.165, 1.54) is 37.3 Å². The lowest BCUT2D eigenvalue weighted by Gasteiger charge is -2.26. The molecular formula is C23H18F5N3O3S. The minimum Gasteiger partial charge on any atom is -0.406 e. The number of rotatable bonds is 5. The monoisotopic (exact) mass is 511 g/mol. The summed E-state index contributed by atoms with van der Waals surface area (Å²) in [6.07, 6.45) is -4.91. The largest absolute Gasteiger partial charge is 0.573 e. The van der Waals surface area contributed by atoms with Crippen LogP contribution >= 0.6 is 0 Å². The van der Waals surface area contributed by atoms with E-state index >= 15 is 4.39 Å². The second kappa shape index (κ2) is 9.17. The van der Waals surface area contributed by atoms with Gasteiger partial charge >= 0.3 is 6.36 Å². The molecule has 1 atom stereocenters. The highest BCUT2D eigenvalue weighted by Gasteiger charge is 2.33. The van der Waals surface area contributed by atoms with Crippen molar-refractivity contribution >= 4 is 21.7 Å². The van der Waals surface area contributed by atoms with Crippen LogP contribution in [-0.2, 0) is 16.6 Å². The third-order valence-electron chi connectivity index (χ3n) is 5.25. The van der Waals surface area contributed by atoms with Gasteiger partial charge in [0.2, 0.25) is 5.96 Å². The van der Waals surface area contributed by atoms with Crippen molar-refractivity contribution in [2.24, 2.45) is 4.99 Å². The highest BCUT2D eigenvalue weighted by atomic mass is 32.2. The van der Waals surface area contributed by atoms with E-state index in [1.807, 2.05) is 0 Å². The van der Waals surface area contributed by atoms with Crippen LogP contribution in [0, 0.1) is 11.6 Å². The summed E-state index contributed by atoms with van der Waals surface area (Å²) in [6.45, 7) is 1.44. The lowest BCUT2D eigenvalue weighted by Crippen LogP contribution is -2.41. The molecule has 0 unspecified atom stereocenters. The molecule has 3 aromatic carbocycles. The molecule has 1 heterocycles. The van der Waals surface area contributed by atoms with Gasteiger partial charge in [-0.15, -0.1) is 13.2 Å². The zero-order chi connectivity index (χ0) is 25.4. The minimum atomic E-state index is -4.91. The lowest BCUT2D eigenvalue weighted by atomic mass is 9.91. The van der Waals surface area contributed by atoms with Gasteiger partial charge in [-0.25, -0.2) is 26.9 Å². The molecule has 3 aromatic rings. The van der Waals surface area contributed by atoms with Crippen LogP contribution in [0.15, 0.2) is 70.6 Å². The predicted octanol–water partition coefficient (Wildman–Crippen LogP) is 5.28. The van der Waals surface area contributed by atoms with Crippen molar-refractivity contribution in [2.75, 3.05) is 5.32 Å². The van der Waals surface area contributed by atoms with Gasteiger partial charge in [0.05, 0.1) is 12.2 Å². The number of hydrogen-bond acceptors (Lipinski definition) is 4. The smallest absolute Gasteiger partial charge is 0.406 e. The van der Waals surface area contributed by atoms with Gasteiger partial charge in [0, 0.05) is 11.5 Å². The first-order valence-electron chi connectivity index (χ1n) is 10.2. The average molecular weight is 511 g/mol. The van der Waals surface area contributed by atoms with Gasteiger partial charge in [-0.05, 0) is 47.5 Å². The minimum absolute atomic E-state index is 0.0744. The molecule has 0 amide bonds. The highest BCUT2D eigenvalue weighted by molar-refractivity contribution is 7.90. The molecule has 1 aliphatic heterocycles. The van der Waals surface area contributed by atoms with Gasteiger partial charge < -0.3 is 10.1 Å². The molecule has 0 saturated carbocycles. The van der Waals surface area contributed by atoms with Gasteiger partial charge in [-0.2, -0.15) is 0 Å². The molecule has 6 nitrogen and oxygen atoms in total. The number of anilines is 1. The van der Waals surface area contributed by atoms with Crippen molar-refractivity contribution in [1.29, 1.82) is 0 Å². The molecule has 0 aromatic heterocycles. The van der Waals surface area contributed by atoms with Crippen molar-refractivity contribution < 1.29 is 35.1 Å². The molecular weight excluding hydrogens is 493 g/mol. The molecule has 184 valence electrons. The van der Waals surface area contributed by atoms with Gasteiger partial charge in [-0.1, -0.05) is 31.2 Å². The van der Waals surface area contributed by atoms with Crippen molar-refractivity contribution in [3.05, 3.63) is 89.0 Å². The Hall–Kier alpha value is -3.67. The summed E-state index contributed by atoms with van der Waals surface area (Å²) in [4.78, 5) is 3.87. The summed E-state index contributed by atoms with van der Waals surface area (Å²) in [7, 11) is -4.15. The number of ether oxygens (including phenoxy) is 1. The van der Waals surface area contributed by atoms with Crippen LogP contribution in [-0.4, -0.2) is 20.7 Å². The van der Waals surface area contributed by atoms with E-state index in [0.717, 1.165) is 24.3 Å². The fourth-order valence-corrected chi connectivity index (χ4v) is 4.86. The van der Waals surface area contributed by atoms with E-state index in [-0.39, 0.29) is 34.2 Å². The number of fused-ring (bicyclic) bond motifs is 1. The second-order valence-corrected chi connectivity index (χ2v) is 9.35. The summed E-state index contributed by atoms with van der Waals surface area (Å²) in [5.41, 5.74) is 0.542. The Labute approximate surface area is 197 Å². The SMILES string of the molecule is C[C@@H](c1cccc(OC(F)(F)F)c1)c1c(F)ccc2c1NC(=NCc1cccc(F)c1)NS2(=O)=O. The van der Waals surface area contributed by atoms with Crippen LogP contribution in [0.4, 0.5) is 27.6 Å². The number of benzene rings is 3.